The maximum absolute atomic E-state index is 13.4. The molecule has 6 N–H and O–H groups in total. The number of hydrogen-bond acceptors (Lipinski definition) is 10. The van der Waals surface area contributed by atoms with Gasteiger partial charge in [-0.05, 0) is 89.9 Å². The normalized spacial score (nSPS) is 19.7. The molecule has 0 bridgehead atoms. The molecule has 1 fully saturated rings. The molecule has 0 radical (unpaired) electrons. The molecule has 1 amide bonds. The van der Waals surface area contributed by atoms with Gasteiger partial charge >= 0.3 is 5.97 Å². The van der Waals surface area contributed by atoms with E-state index in [0.29, 0.717) is 12.8 Å². The molecular weight excluding hydrogens is 979 g/mol. The van der Waals surface area contributed by atoms with Gasteiger partial charge in [-0.1, -0.05) is 252 Å². The summed E-state index contributed by atoms with van der Waals surface area (Å²) in [5.41, 5.74) is 0. The fourth-order valence-electron chi connectivity index (χ4n) is 9.06. The van der Waals surface area contributed by atoms with Crippen LogP contribution in [0.1, 0.15) is 239 Å². The molecule has 78 heavy (non-hydrogen) atoms. The fraction of sp³-hybridized carbons (Fsp3) is 0.701. The second-order valence-corrected chi connectivity index (χ2v) is 21.1. The second kappa shape index (κ2) is 53.9. The number of carbonyl (C=O) groups is 2. The smallest absolute Gasteiger partial charge is 0.306 e. The SMILES string of the molecule is CC/C=C/C=C/C=C\C=C/CCCCCC(=O)OC1C(OCC(NC(=O)C(O)CCCCCCCCCC/C=C\C/C=C\C/C=C\C/C=C\CCCCC)C(O)/C=C/CCCCCCCCCCCC)OC(CO)C(O)C1O. The molecule has 0 saturated carbocycles. The van der Waals surface area contributed by atoms with Crippen molar-refractivity contribution >= 4 is 11.9 Å². The average Bonchev–Trinajstić information content (AvgIpc) is 3.44. The number of allylic oxidation sites excluding steroid dienone is 17. The summed E-state index contributed by atoms with van der Waals surface area (Å²) in [6, 6.07) is -1.04. The van der Waals surface area contributed by atoms with Crippen molar-refractivity contribution in [1.29, 1.82) is 0 Å². The van der Waals surface area contributed by atoms with Crippen molar-refractivity contribution in [3.8, 4) is 0 Å². The number of hydrogen-bond donors (Lipinski definition) is 6. The Morgan fingerprint density at radius 2 is 0.974 bits per heavy atom. The van der Waals surface area contributed by atoms with Crippen molar-refractivity contribution < 1.29 is 49.3 Å². The minimum Gasteiger partial charge on any atom is -0.454 e. The van der Waals surface area contributed by atoms with E-state index < -0.39 is 67.4 Å². The highest BCUT2D eigenvalue weighted by molar-refractivity contribution is 5.80. The molecule has 11 nitrogen and oxygen atoms in total. The summed E-state index contributed by atoms with van der Waals surface area (Å²) in [5.74, 6) is -1.25. The predicted molar refractivity (Wildman–Crippen MR) is 324 cm³/mol. The minimum atomic E-state index is -1.64. The molecule has 0 aromatic carbocycles. The first-order valence-corrected chi connectivity index (χ1v) is 31.2. The number of unbranched alkanes of at least 4 members (excludes halogenated alkanes) is 24. The zero-order chi connectivity index (χ0) is 56.8. The summed E-state index contributed by atoms with van der Waals surface area (Å²) in [6.45, 7) is 5.58. The lowest BCUT2D eigenvalue weighted by Gasteiger charge is -2.41. The van der Waals surface area contributed by atoms with Crippen LogP contribution in [-0.4, -0.2) is 99.6 Å². The van der Waals surface area contributed by atoms with E-state index in [1.807, 2.05) is 42.5 Å². The zero-order valence-electron chi connectivity index (χ0n) is 49.2. The number of ether oxygens (including phenoxy) is 3. The Hall–Kier alpha value is -3.68. The Labute approximate surface area is 475 Å². The fourth-order valence-corrected chi connectivity index (χ4v) is 9.06. The minimum absolute atomic E-state index is 0.0715. The van der Waals surface area contributed by atoms with Crippen LogP contribution >= 0.6 is 0 Å². The Morgan fingerprint density at radius 1 is 0.526 bits per heavy atom. The molecule has 8 atom stereocenters. The van der Waals surface area contributed by atoms with Crippen LogP contribution in [0.2, 0.25) is 0 Å². The maximum Gasteiger partial charge on any atom is 0.306 e. The lowest BCUT2D eigenvalue weighted by molar-refractivity contribution is -0.305. The quantitative estimate of drug-likeness (QED) is 0.0149. The summed E-state index contributed by atoms with van der Waals surface area (Å²) in [5, 5.41) is 56.9. The van der Waals surface area contributed by atoms with Crippen LogP contribution in [0.25, 0.3) is 0 Å². The molecule has 1 aliphatic heterocycles. The van der Waals surface area contributed by atoms with E-state index in [4.69, 9.17) is 14.2 Å². The third-order valence-corrected chi connectivity index (χ3v) is 14.0. The third-order valence-electron chi connectivity index (χ3n) is 14.0. The number of esters is 1. The molecule has 1 heterocycles. The first kappa shape index (κ1) is 72.3. The Kier molecular flexibility index (Phi) is 50.0. The molecular formula is C67H113NO10. The van der Waals surface area contributed by atoms with E-state index in [0.717, 1.165) is 103 Å². The summed E-state index contributed by atoms with van der Waals surface area (Å²) < 4.78 is 17.5. The van der Waals surface area contributed by atoms with Crippen molar-refractivity contribution in [1.82, 2.24) is 5.32 Å². The van der Waals surface area contributed by atoms with Gasteiger partial charge in [-0.15, -0.1) is 0 Å². The highest BCUT2D eigenvalue weighted by Crippen LogP contribution is 2.26. The number of aliphatic hydroxyl groups excluding tert-OH is 5. The largest absolute Gasteiger partial charge is 0.454 e. The number of carbonyl (C=O) groups excluding carboxylic acids is 2. The monoisotopic (exact) mass is 1090 g/mol. The van der Waals surface area contributed by atoms with Gasteiger partial charge in [0, 0.05) is 6.42 Å². The van der Waals surface area contributed by atoms with Gasteiger partial charge in [0.25, 0.3) is 0 Å². The third kappa shape index (κ3) is 41.3. The molecule has 1 aliphatic rings. The number of rotatable bonds is 51. The second-order valence-electron chi connectivity index (χ2n) is 21.1. The van der Waals surface area contributed by atoms with Gasteiger partial charge in [0.05, 0.1) is 25.4 Å². The van der Waals surface area contributed by atoms with Crippen LogP contribution in [0.5, 0.6) is 0 Å². The van der Waals surface area contributed by atoms with Gasteiger partial charge in [-0.3, -0.25) is 9.59 Å². The Bertz CT molecular complexity index is 1680. The molecule has 0 aliphatic carbocycles. The molecule has 0 aromatic rings. The van der Waals surface area contributed by atoms with Crippen molar-refractivity contribution in [3.05, 3.63) is 109 Å². The molecule has 8 unspecified atom stereocenters. The highest BCUT2D eigenvalue weighted by Gasteiger charge is 2.47. The summed E-state index contributed by atoms with van der Waals surface area (Å²) in [4.78, 5) is 26.5. The Balaban J connectivity index is 2.66. The zero-order valence-corrected chi connectivity index (χ0v) is 49.2. The summed E-state index contributed by atoms with van der Waals surface area (Å²) >= 11 is 0. The van der Waals surface area contributed by atoms with Crippen LogP contribution in [0.4, 0.5) is 0 Å². The molecule has 1 rings (SSSR count). The van der Waals surface area contributed by atoms with Crippen molar-refractivity contribution in [2.24, 2.45) is 0 Å². The Morgan fingerprint density at radius 3 is 1.53 bits per heavy atom. The number of amides is 1. The first-order valence-electron chi connectivity index (χ1n) is 31.2. The summed E-state index contributed by atoms with van der Waals surface area (Å²) in [7, 11) is 0. The lowest BCUT2D eigenvalue weighted by Crippen LogP contribution is -2.61. The van der Waals surface area contributed by atoms with E-state index in [1.165, 1.54) is 89.9 Å². The number of nitrogens with one attached hydrogen (secondary N) is 1. The summed E-state index contributed by atoms with van der Waals surface area (Å²) in [6.07, 6.45) is 62.7. The van der Waals surface area contributed by atoms with Crippen LogP contribution in [-0.2, 0) is 23.8 Å². The molecule has 1 saturated heterocycles. The van der Waals surface area contributed by atoms with E-state index in [9.17, 15) is 35.1 Å². The van der Waals surface area contributed by atoms with Gasteiger partial charge in [0.1, 0.15) is 24.4 Å². The highest BCUT2D eigenvalue weighted by atomic mass is 16.7. The van der Waals surface area contributed by atoms with Gasteiger partial charge in [-0.25, -0.2) is 0 Å². The molecule has 0 aromatic heterocycles. The van der Waals surface area contributed by atoms with Crippen LogP contribution < -0.4 is 5.32 Å². The molecule has 11 heteroatoms. The van der Waals surface area contributed by atoms with Crippen LogP contribution in [0.15, 0.2) is 109 Å². The first-order chi connectivity index (χ1) is 38.2. The lowest BCUT2D eigenvalue weighted by atomic mass is 9.99. The predicted octanol–water partition coefficient (Wildman–Crippen LogP) is 14.9. The molecule has 446 valence electrons. The van der Waals surface area contributed by atoms with Gasteiger partial charge < -0.3 is 45.1 Å². The van der Waals surface area contributed by atoms with E-state index in [1.54, 1.807) is 6.08 Å². The number of aliphatic hydroxyl groups is 5. The standard InChI is InChI=1S/C67H113NO10/c1-4-7-10-13-16-19-22-25-26-27-28-29-30-31-32-33-34-35-37-39-42-45-48-51-54-60(71)66(75)68-58(59(70)53-50-47-44-41-38-24-21-18-15-12-9-6-3)57-76-67-65(64(74)63(73)61(56-69)77-67)78-62(72)55-52-49-46-43-40-36-23-20-17-14-11-8-5-2/h8,11,14,16-17,19-20,23,25-26,28-29,31-32,36,40,50,53,58-61,63-65,67,69-71,73-74H,4-7,9-10,12-13,15,18,21-22,24,27,30,33-35,37-39,41-49,51-52,54-57H2,1-3H3,(H,68,75)/b11-8+,17-14+,19-16-,23-20-,26-25-,29-28-,32-31-,40-36-,53-50+. The van der Waals surface area contributed by atoms with E-state index in [2.05, 4.69) is 86.8 Å². The van der Waals surface area contributed by atoms with Gasteiger partial charge in [-0.2, -0.15) is 0 Å². The van der Waals surface area contributed by atoms with Crippen molar-refractivity contribution in [2.45, 2.75) is 288 Å². The van der Waals surface area contributed by atoms with E-state index in [-0.39, 0.29) is 19.4 Å². The van der Waals surface area contributed by atoms with Gasteiger partial charge in [0.15, 0.2) is 12.4 Å². The maximum atomic E-state index is 13.4. The van der Waals surface area contributed by atoms with Crippen LogP contribution in [0, 0.1) is 0 Å². The van der Waals surface area contributed by atoms with Crippen LogP contribution in [0.3, 0.4) is 0 Å². The molecule has 0 spiro atoms. The van der Waals surface area contributed by atoms with Gasteiger partial charge in [0.2, 0.25) is 5.91 Å². The van der Waals surface area contributed by atoms with Crippen molar-refractivity contribution in [3.63, 3.8) is 0 Å². The van der Waals surface area contributed by atoms with E-state index >= 15 is 0 Å². The average molecular weight is 1090 g/mol. The topological polar surface area (TPSA) is 175 Å². The van der Waals surface area contributed by atoms with Crippen molar-refractivity contribution in [2.75, 3.05) is 13.2 Å².